The lowest BCUT2D eigenvalue weighted by atomic mass is 9.94. The first-order valence-electron chi connectivity index (χ1n) is 10.9. The number of hydrogen-bond acceptors (Lipinski definition) is 6. The number of ketones is 1. The maximum Gasteiger partial charge on any atom is 0.295 e. The molecular weight excluding hydrogens is 427 g/mol. The van der Waals surface area contributed by atoms with Crippen LogP contribution in [0.3, 0.4) is 0 Å². The SMILES string of the molecule is CCOc1ccc(/C(O)=C2\C(=O)C(=O)N(CCN(C)C)C2c2ccccc2F)c(OCC)c1. The highest BCUT2D eigenvalue weighted by Gasteiger charge is 2.47. The molecule has 1 fully saturated rings. The van der Waals surface area contributed by atoms with Crippen molar-refractivity contribution in [3.8, 4) is 11.5 Å². The maximum atomic E-state index is 14.8. The molecular formula is C25H29FN2O5. The number of nitrogens with zero attached hydrogens (tertiary/aromatic N) is 2. The Bertz CT molecular complexity index is 1070. The number of ether oxygens (including phenoxy) is 2. The van der Waals surface area contributed by atoms with Crippen LogP contribution in [0.2, 0.25) is 0 Å². The van der Waals surface area contributed by atoms with Gasteiger partial charge in [0.25, 0.3) is 11.7 Å². The van der Waals surface area contributed by atoms with Crippen molar-refractivity contribution in [2.75, 3.05) is 40.4 Å². The number of halogens is 1. The van der Waals surface area contributed by atoms with E-state index in [2.05, 4.69) is 0 Å². The number of Topliss-reactive ketones (excluding diaryl/α,β-unsaturated/α-hetero) is 1. The van der Waals surface area contributed by atoms with Crippen molar-refractivity contribution in [1.82, 2.24) is 9.80 Å². The molecule has 0 radical (unpaired) electrons. The van der Waals surface area contributed by atoms with Crippen molar-refractivity contribution in [3.63, 3.8) is 0 Å². The number of carbonyl (C=O) groups is 2. The van der Waals surface area contributed by atoms with E-state index in [4.69, 9.17) is 9.47 Å². The van der Waals surface area contributed by atoms with E-state index in [0.717, 1.165) is 0 Å². The van der Waals surface area contributed by atoms with Crippen molar-refractivity contribution < 1.29 is 28.6 Å². The monoisotopic (exact) mass is 456 g/mol. The summed E-state index contributed by atoms with van der Waals surface area (Å²) in [6, 6.07) is 9.71. The Morgan fingerprint density at radius 2 is 1.79 bits per heavy atom. The lowest BCUT2D eigenvalue weighted by molar-refractivity contribution is -0.140. The minimum Gasteiger partial charge on any atom is -0.507 e. The normalized spacial score (nSPS) is 17.6. The molecule has 8 heteroatoms. The fraction of sp³-hybridized carbons (Fsp3) is 0.360. The molecule has 33 heavy (non-hydrogen) atoms. The maximum absolute atomic E-state index is 14.8. The summed E-state index contributed by atoms with van der Waals surface area (Å²) in [5.41, 5.74) is 0.196. The third-order valence-electron chi connectivity index (χ3n) is 5.35. The molecule has 1 amide bonds. The number of aliphatic hydroxyl groups is 1. The fourth-order valence-electron chi connectivity index (χ4n) is 3.81. The highest BCUT2D eigenvalue weighted by atomic mass is 19.1. The number of aliphatic hydroxyl groups excluding tert-OH is 1. The summed E-state index contributed by atoms with van der Waals surface area (Å²) in [5, 5.41) is 11.3. The molecule has 1 heterocycles. The molecule has 0 aromatic heterocycles. The van der Waals surface area contributed by atoms with E-state index in [1.165, 1.54) is 23.1 Å². The minimum atomic E-state index is -1.06. The van der Waals surface area contributed by atoms with Crippen LogP contribution in [0.25, 0.3) is 5.76 Å². The Morgan fingerprint density at radius 3 is 2.42 bits per heavy atom. The van der Waals surface area contributed by atoms with Gasteiger partial charge >= 0.3 is 0 Å². The number of rotatable bonds is 9. The molecule has 1 saturated heterocycles. The topological polar surface area (TPSA) is 79.3 Å². The predicted octanol–water partition coefficient (Wildman–Crippen LogP) is 3.61. The second-order valence-electron chi connectivity index (χ2n) is 7.84. The summed E-state index contributed by atoms with van der Waals surface area (Å²) < 4.78 is 26.0. The number of benzene rings is 2. The first-order chi connectivity index (χ1) is 15.8. The molecule has 0 aliphatic carbocycles. The zero-order valence-corrected chi connectivity index (χ0v) is 19.3. The highest BCUT2D eigenvalue weighted by molar-refractivity contribution is 6.46. The van der Waals surface area contributed by atoms with E-state index in [0.29, 0.717) is 31.3 Å². The first-order valence-corrected chi connectivity index (χ1v) is 10.9. The number of likely N-dealkylation sites (tertiary alicyclic amines) is 1. The van der Waals surface area contributed by atoms with E-state index in [9.17, 15) is 19.1 Å². The van der Waals surface area contributed by atoms with Gasteiger partial charge in [-0.15, -0.1) is 0 Å². The lowest BCUT2D eigenvalue weighted by Gasteiger charge is -2.27. The summed E-state index contributed by atoms with van der Waals surface area (Å²) in [6.07, 6.45) is 0. The molecule has 176 valence electrons. The average molecular weight is 457 g/mol. The molecule has 0 bridgehead atoms. The average Bonchev–Trinajstić information content (AvgIpc) is 3.03. The van der Waals surface area contributed by atoms with E-state index in [1.54, 1.807) is 31.2 Å². The molecule has 1 aliphatic heterocycles. The summed E-state index contributed by atoms with van der Waals surface area (Å²) >= 11 is 0. The molecule has 7 nitrogen and oxygen atoms in total. The largest absolute Gasteiger partial charge is 0.507 e. The molecule has 1 N–H and O–H groups in total. The highest BCUT2D eigenvalue weighted by Crippen LogP contribution is 2.42. The second-order valence-corrected chi connectivity index (χ2v) is 7.84. The van der Waals surface area contributed by atoms with Crippen molar-refractivity contribution in [2.24, 2.45) is 0 Å². The zero-order valence-electron chi connectivity index (χ0n) is 19.3. The Morgan fingerprint density at radius 1 is 1.09 bits per heavy atom. The number of carbonyl (C=O) groups excluding carboxylic acids is 2. The number of likely N-dealkylation sites (N-methyl/N-ethyl adjacent to an activating group) is 1. The fourth-order valence-corrected chi connectivity index (χ4v) is 3.81. The number of amides is 1. The molecule has 2 aromatic carbocycles. The van der Waals surface area contributed by atoms with Crippen LogP contribution in [-0.4, -0.2) is 67.0 Å². The summed E-state index contributed by atoms with van der Waals surface area (Å²) in [6.45, 7) is 5.04. The summed E-state index contributed by atoms with van der Waals surface area (Å²) in [7, 11) is 3.67. The van der Waals surface area contributed by atoms with Gasteiger partial charge in [0.1, 0.15) is 23.1 Å². The molecule has 2 aromatic rings. The van der Waals surface area contributed by atoms with Crippen LogP contribution in [0.1, 0.15) is 31.0 Å². The third-order valence-corrected chi connectivity index (χ3v) is 5.35. The predicted molar refractivity (Wildman–Crippen MR) is 123 cm³/mol. The molecule has 0 spiro atoms. The van der Waals surface area contributed by atoms with E-state index < -0.39 is 29.3 Å². The van der Waals surface area contributed by atoms with Gasteiger partial charge in [-0.3, -0.25) is 9.59 Å². The van der Waals surface area contributed by atoms with Gasteiger partial charge in [-0.25, -0.2) is 4.39 Å². The van der Waals surface area contributed by atoms with Gasteiger partial charge < -0.3 is 24.4 Å². The second kappa shape index (κ2) is 10.5. The van der Waals surface area contributed by atoms with Crippen LogP contribution in [0.5, 0.6) is 11.5 Å². The van der Waals surface area contributed by atoms with E-state index in [1.807, 2.05) is 25.9 Å². The van der Waals surface area contributed by atoms with Gasteiger partial charge in [-0.2, -0.15) is 0 Å². The molecule has 0 saturated carbocycles. The van der Waals surface area contributed by atoms with Crippen LogP contribution in [0.15, 0.2) is 48.0 Å². The summed E-state index contributed by atoms with van der Waals surface area (Å²) in [5.74, 6) is -1.80. The van der Waals surface area contributed by atoms with Gasteiger partial charge in [0.15, 0.2) is 0 Å². The van der Waals surface area contributed by atoms with Gasteiger partial charge in [-0.05, 0) is 46.1 Å². The lowest BCUT2D eigenvalue weighted by Crippen LogP contribution is -2.35. The smallest absolute Gasteiger partial charge is 0.295 e. The van der Waals surface area contributed by atoms with E-state index >= 15 is 0 Å². The Balaban J connectivity index is 2.20. The van der Waals surface area contributed by atoms with Crippen molar-refractivity contribution >= 4 is 17.4 Å². The third kappa shape index (κ3) is 5.01. The minimum absolute atomic E-state index is 0.140. The van der Waals surface area contributed by atoms with Crippen LogP contribution >= 0.6 is 0 Å². The Kier molecular flexibility index (Phi) is 7.71. The molecule has 3 rings (SSSR count). The molecule has 1 atom stereocenters. The van der Waals surface area contributed by atoms with Crippen LogP contribution < -0.4 is 9.47 Å². The number of hydrogen-bond donors (Lipinski definition) is 1. The molecule has 1 unspecified atom stereocenters. The quantitative estimate of drug-likeness (QED) is 0.353. The standard InChI is InChI=1S/C25H29FN2O5/c1-5-32-16-11-12-18(20(15-16)33-6-2)23(29)21-22(17-9-7-8-10-19(17)26)28(14-13-27(3)4)25(31)24(21)30/h7-12,15,22,29H,5-6,13-14H2,1-4H3/b23-21+. The van der Waals surface area contributed by atoms with Crippen LogP contribution in [0.4, 0.5) is 4.39 Å². The Labute approximate surface area is 193 Å². The van der Waals surface area contributed by atoms with Gasteiger partial charge in [0, 0.05) is 24.7 Å². The zero-order chi connectivity index (χ0) is 24.1. The van der Waals surface area contributed by atoms with Crippen molar-refractivity contribution in [3.05, 3.63) is 65.0 Å². The van der Waals surface area contributed by atoms with Crippen molar-refractivity contribution in [2.45, 2.75) is 19.9 Å². The van der Waals surface area contributed by atoms with Crippen LogP contribution in [-0.2, 0) is 9.59 Å². The van der Waals surface area contributed by atoms with Gasteiger partial charge in [0.05, 0.1) is 30.4 Å². The van der Waals surface area contributed by atoms with Gasteiger partial charge in [-0.1, -0.05) is 18.2 Å². The Hall–Kier alpha value is -3.39. The summed E-state index contributed by atoms with van der Waals surface area (Å²) in [4.78, 5) is 29.2. The molecule has 1 aliphatic rings. The van der Waals surface area contributed by atoms with Crippen LogP contribution in [0, 0.1) is 5.82 Å². The van der Waals surface area contributed by atoms with Crippen molar-refractivity contribution in [1.29, 1.82) is 0 Å². The first kappa shape index (κ1) is 24.3. The van der Waals surface area contributed by atoms with Gasteiger partial charge in [0.2, 0.25) is 0 Å². The van der Waals surface area contributed by atoms with E-state index in [-0.39, 0.29) is 23.2 Å².